The van der Waals surface area contributed by atoms with E-state index in [1.807, 2.05) is 44.2 Å². The quantitative estimate of drug-likeness (QED) is 0.511. The highest BCUT2D eigenvalue weighted by molar-refractivity contribution is 5.74. The molecule has 0 atom stereocenters. The minimum absolute atomic E-state index is 0.276. The smallest absolute Gasteiger partial charge is 0.137 e. The maximum Gasteiger partial charge on any atom is 0.137 e. The van der Waals surface area contributed by atoms with Crippen LogP contribution in [0.15, 0.2) is 36.2 Å². The van der Waals surface area contributed by atoms with Crippen molar-refractivity contribution in [2.45, 2.75) is 19.4 Å². The molecule has 5 nitrogen and oxygen atoms in total. The van der Waals surface area contributed by atoms with Crippen LogP contribution in [-0.4, -0.2) is 10.7 Å². The zero-order valence-corrected chi connectivity index (χ0v) is 9.49. The lowest BCUT2D eigenvalue weighted by Crippen LogP contribution is -2.63. The monoisotopic (exact) mass is 219 g/mol. The van der Waals surface area contributed by atoms with Crippen LogP contribution in [0.3, 0.4) is 0 Å². The highest BCUT2D eigenvalue weighted by atomic mass is 15.8. The van der Waals surface area contributed by atoms with Crippen molar-refractivity contribution in [1.82, 2.24) is 16.1 Å². The average molecular weight is 219 g/mol. The van der Waals surface area contributed by atoms with Crippen molar-refractivity contribution in [2.24, 2.45) is 11.6 Å². The molecule has 6 N–H and O–H groups in total. The van der Waals surface area contributed by atoms with Crippen LogP contribution in [0, 0.1) is 0 Å². The van der Waals surface area contributed by atoms with Gasteiger partial charge in [-0.05, 0) is 19.4 Å². The Balaban J connectivity index is 2.54. The SMILES string of the molecule is CC1(C)NNN(N)C(N)=C1c1ccccc1. The summed E-state index contributed by atoms with van der Waals surface area (Å²) in [6.07, 6.45) is 0. The van der Waals surface area contributed by atoms with Gasteiger partial charge in [0.2, 0.25) is 0 Å². The Labute approximate surface area is 95.0 Å². The van der Waals surface area contributed by atoms with Gasteiger partial charge in [-0.1, -0.05) is 30.3 Å². The van der Waals surface area contributed by atoms with Crippen LogP contribution in [0.2, 0.25) is 0 Å². The Morgan fingerprint density at radius 2 is 1.81 bits per heavy atom. The van der Waals surface area contributed by atoms with Crippen LogP contribution in [0.25, 0.3) is 5.57 Å². The second-order valence-electron chi connectivity index (χ2n) is 4.36. The third-order valence-electron chi connectivity index (χ3n) is 2.69. The minimum Gasteiger partial charge on any atom is -0.383 e. The van der Waals surface area contributed by atoms with Crippen molar-refractivity contribution in [3.63, 3.8) is 0 Å². The summed E-state index contributed by atoms with van der Waals surface area (Å²) in [5.41, 5.74) is 13.7. The number of rotatable bonds is 1. The molecule has 86 valence electrons. The average Bonchev–Trinajstić information content (AvgIpc) is 2.26. The van der Waals surface area contributed by atoms with Crippen molar-refractivity contribution >= 4 is 5.57 Å². The van der Waals surface area contributed by atoms with Crippen LogP contribution in [0.4, 0.5) is 0 Å². The van der Waals surface area contributed by atoms with E-state index in [0.29, 0.717) is 5.82 Å². The van der Waals surface area contributed by atoms with Gasteiger partial charge in [0, 0.05) is 5.57 Å². The van der Waals surface area contributed by atoms with Crippen molar-refractivity contribution < 1.29 is 0 Å². The van der Waals surface area contributed by atoms with E-state index in [0.717, 1.165) is 11.1 Å². The first-order valence-corrected chi connectivity index (χ1v) is 5.15. The molecule has 0 amide bonds. The predicted octanol–water partition coefficient (Wildman–Crippen LogP) is 0.291. The Kier molecular flexibility index (Phi) is 2.59. The maximum absolute atomic E-state index is 6.01. The first-order chi connectivity index (χ1) is 7.52. The lowest BCUT2D eigenvalue weighted by Gasteiger charge is -2.39. The molecule has 0 saturated carbocycles. The molecule has 0 bridgehead atoms. The molecular weight excluding hydrogens is 202 g/mol. The molecule has 1 aliphatic rings. The number of benzene rings is 1. The largest absolute Gasteiger partial charge is 0.383 e. The zero-order chi connectivity index (χ0) is 11.8. The molecule has 16 heavy (non-hydrogen) atoms. The molecule has 0 saturated heterocycles. The summed E-state index contributed by atoms with van der Waals surface area (Å²) in [6.45, 7) is 4.09. The summed E-state index contributed by atoms with van der Waals surface area (Å²) in [4.78, 5) is 0. The van der Waals surface area contributed by atoms with Gasteiger partial charge in [-0.15, -0.1) is 0 Å². The van der Waals surface area contributed by atoms with Crippen LogP contribution in [0.1, 0.15) is 19.4 Å². The first kappa shape index (κ1) is 10.9. The summed E-state index contributed by atoms with van der Waals surface area (Å²) in [5, 5.41) is 1.29. The third kappa shape index (κ3) is 1.76. The number of nitrogens with zero attached hydrogens (tertiary/aromatic N) is 1. The Bertz CT molecular complexity index is 410. The molecule has 0 unspecified atom stereocenters. The zero-order valence-electron chi connectivity index (χ0n) is 9.49. The Hall–Kier alpha value is -1.56. The van der Waals surface area contributed by atoms with Crippen molar-refractivity contribution in [3.8, 4) is 0 Å². The summed E-state index contributed by atoms with van der Waals surface area (Å²) < 4.78 is 0. The molecule has 1 aliphatic heterocycles. The summed E-state index contributed by atoms with van der Waals surface area (Å²) in [7, 11) is 0. The molecular formula is C11H17N5. The molecule has 0 radical (unpaired) electrons. The fraction of sp³-hybridized carbons (Fsp3) is 0.273. The van der Waals surface area contributed by atoms with Gasteiger partial charge in [0.25, 0.3) is 0 Å². The van der Waals surface area contributed by atoms with Gasteiger partial charge in [0.15, 0.2) is 0 Å². The van der Waals surface area contributed by atoms with Gasteiger partial charge in [0.1, 0.15) is 5.82 Å². The van der Waals surface area contributed by atoms with E-state index in [4.69, 9.17) is 11.6 Å². The van der Waals surface area contributed by atoms with E-state index < -0.39 is 0 Å². The van der Waals surface area contributed by atoms with E-state index in [2.05, 4.69) is 11.0 Å². The van der Waals surface area contributed by atoms with Gasteiger partial charge in [-0.2, -0.15) is 5.53 Å². The highest BCUT2D eigenvalue weighted by Gasteiger charge is 2.32. The number of hydrazine groups is 3. The lowest BCUT2D eigenvalue weighted by atomic mass is 9.88. The minimum atomic E-state index is -0.276. The standard InChI is InChI=1S/C11H17N5/c1-11(2)9(8-6-4-3-5-7-8)10(12)16(13)15-14-11/h3-7,14-15H,12-13H2,1-2H3. The van der Waals surface area contributed by atoms with Crippen molar-refractivity contribution in [3.05, 3.63) is 41.7 Å². The second kappa shape index (κ2) is 3.79. The first-order valence-electron chi connectivity index (χ1n) is 5.15. The normalized spacial score (nSPS) is 20.1. The molecule has 0 aromatic heterocycles. The van der Waals surface area contributed by atoms with E-state index in [9.17, 15) is 0 Å². The fourth-order valence-corrected chi connectivity index (χ4v) is 1.88. The Morgan fingerprint density at radius 3 is 2.44 bits per heavy atom. The van der Waals surface area contributed by atoms with Gasteiger partial charge < -0.3 is 5.73 Å². The highest BCUT2D eigenvalue weighted by Crippen LogP contribution is 2.30. The van der Waals surface area contributed by atoms with E-state index in [1.54, 1.807) is 0 Å². The van der Waals surface area contributed by atoms with Gasteiger partial charge in [-0.3, -0.25) is 0 Å². The number of hydrogen-bond acceptors (Lipinski definition) is 5. The predicted molar refractivity (Wildman–Crippen MR) is 63.9 cm³/mol. The van der Waals surface area contributed by atoms with Crippen molar-refractivity contribution in [1.29, 1.82) is 0 Å². The summed E-state index contributed by atoms with van der Waals surface area (Å²) >= 11 is 0. The third-order valence-corrected chi connectivity index (χ3v) is 2.69. The number of nitrogens with two attached hydrogens (primary N) is 2. The van der Waals surface area contributed by atoms with Crippen LogP contribution in [-0.2, 0) is 0 Å². The summed E-state index contributed by atoms with van der Waals surface area (Å²) in [5.74, 6) is 6.23. The number of nitrogens with one attached hydrogen (secondary N) is 2. The molecule has 0 fully saturated rings. The van der Waals surface area contributed by atoms with Crippen LogP contribution < -0.4 is 22.5 Å². The number of hydrogen-bond donors (Lipinski definition) is 4. The molecule has 1 heterocycles. The molecule has 5 heteroatoms. The van der Waals surface area contributed by atoms with E-state index in [1.165, 1.54) is 5.12 Å². The molecule has 0 aliphatic carbocycles. The van der Waals surface area contributed by atoms with Gasteiger partial charge in [0.05, 0.1) is 5.54 Å². The van der Waals surface area contributed by atoms with Gasteiger partial charge >= 0.3 is 0 Å². The topological polar surface area (TPSA) is 79.3 Å². The maximum atomic E-state index is 6.01. The summed E-state index contributed by atoms with van der Waals surface area (Å²) in [6, 6.07) is 9.97. The molecule has 0 spiro atoms. The molecule has 1 aromatic rings. The fourth-order valence-electron chi connectivity index (χ4n) is 1.88. The second-order valence-corrected chi connectivity index (χ2v) is 4.36. The van der Waals surface area contributed by atoms with Crippen LogP contribution >= 0.6 is 0 Å². The molecule has 1 aromatic carbocycles. The van der Waals surface area contributed by atoms with E-state index >= 15 is 0 Å². The van der Waals surface area contributed by atoms with Gasteiger partial charge in [-0.25, -0.2) is 16.4 Å². The lowest BCUT2D eigenvalue weighted by molar-refractivity contribution is 0.154. The van der Waals surface area contributed by atoms with E-state index in [-0.39, 0.29) is 5.54 Å². The van der Waals surface area contributed by atoms with Crippen molar-refractivity contribution in [2.75, 3.05) is 0 Å². The van der Waals surface area contributed by atoms with Crippen LogP contribution in [0.5, 0.6) is 0 Å². The molecule has 2 rings (SSSR count). The Morgan fingerprint density at radius 1 is 1.19 bits per heavy atom.